The molecule has 0 saturated heterocycles. The molecule has 0 aromatic heterocycles. The van der Waals surface area contributed by atoms with Gasteiger partial charge >= 0.3 is 0 Å². The molecule has 0 spiro atoms. The van der Waals surface area contributed by atoms with Crippen molar-refractivity contribution in [3.8, 4) is 5.75 Å². The summed E-state index contributed by atoms with van der Waals surface area (Å²) in [5.41, 5.74) is 1.26. The molecule has 0 heterocycles. The molecule has 0 amide bonds. The van der Waals surface area contributed by atoms with E-state index >= 15 is 0 Å². The van der Waals surface area contributed by atoms with Crippen LogP contribution in [0.25, 0.3) is 0 Å². The Morgan fingerprint density at radius 3 is 2.57 bits per heavy atom. The Balaban J connectivity index is 2.17. The first-order valence-electron chi connectivity index (χ1n) is 5.13. The van der Waals surface area contributed by atoms with Crippen molar-refractivity contribution in [1.29, 1.82) is 0 Å². The number of benzene rings is 1. The third kappa shape index (κ3) is 2.21. The van der Waals surface area contributed by atoms with Crippen LogP contribution >= 0.6 is 11.6 Å². The molecule has 76 valence electrons. The molecule has 0 aliphatic heterocycles. The highest BCUT2D eigenvalue weighted by molar-refractivity contribution is 6.32. The third-order valence-corrected chi connectivity index (χ3v) is 2.74. The predicted molar refractivity (Wildman–Crippen MR) is 59.2 cm³/mol. The van der Waals surface area contributed by atoms with Crippen LogP contribution in [0.4, 0.5) is 0 Å². The van der Waals surface area contributed by atoms with E-state index in [-0.39, 0.29) is 0 Å². The van der Waals surface area contributed by atoms with Gasteiger partial charge in [-0.05, 0) is 36.5 Å². The first-order chi connectivity index (χ1) is 6.66. The van der Waals surface area contributed by atoms with Crippen molar-refractivity contribution < 1.29 is 4.74 Å². The van der Waals surface area contributed by atoms with Crippen LogP contribution in [0.5, 0.6) is 5.75 Å². The van der Waals surface area contributed by atoms with Crippen molar-refractivity contribution in [2.45, 2.75) is 38.7 Å². The van der Waals surface area contributed by atoms with E-state index in [1.54, 1.807) is 0 Å². The van der Waals surface area contributed by atoms with Crippen LogP contribution in [-0.4, -0.2) is 6.10 Å². The zero-order valence-corrected chi connectivity index (χ0v) is 9.34. The molecule has 0 N–H and O–H groups in total. The number of halogens is 1. The number of hydrogen-bond acceptors (Lipinski definition) is 1. The van der Waals surface area contributed by atoms with E-state index < -0.39 is 0 Å². The number of hydrogen-bond donors (Lipinski definition) is 0. The SMILES string of the molecule is CC(C)c1ccc(OC2CC2)c(Cl)c1. The van der Waals surface area contributed by atoms with Crippen molar-refractivity contribution in [3.05, 3.63) is 28.8 Å². The fourth-order valence-electron chi connectivity index (χ4n) is 1.34. The van der Waals surface area contributed by atoms with Gasteiger partial charge in [-0.1, -0.05) is 31.5 Å². The second kappa shape index (κ2) is 3.82. The average molecular weight is 211 g/mol. The standard InChI is InChI=1S/C12H15ClO/c1-8(2)9-3-6-12(11(13)7-9)14-10-4-5-10/h3,6-8,10H,4-5H2,1-2H3. The normalized spacial score (nSPS) is 16.0. The lowest BCUT2D eigenvalue weighted by molar-refractivity contribution is 0.303. The smallest absolute Gasteiger partial charge is 0.138 e. The van der Waals surface area contributed by atoms with Gasteiger partial charge in [-0.2, -0.15) is 0 Å². The molecule has 1 saturated carbocycles. The molecule has 1 aromatic rings. The lowest BCUT2D eigenvalue weighted by Crippen LogP contribution is -1.97. The fourth-order valence-corrected chi connectivity index (χ4v) is 1.57. The van der Waals surface area contributed by atoms with Crippen molar-refractivity contribution >= 4 is 11.6 Å². The third-order valence-electron chi connectivity index (χ3n) is 2.44. The van der Waals surface area contributed by atoms with Gasteiger partial charge in [0.25, 0.3) is 0 Å². The summed E-state index contributed by atoms with van der Waals surface area (Å²) >= 11 is 6.12. The van der Waals surface area contributed by atoms with E-state index in [1.807, 2.05) is 12.1 Å². The van der Waals surface area contributed by atoms with Crippen LogP contribution in [0.2, 0.25) is 5.02 Å². The quantitative estimate of drug-likeness (QED) is 0.733. The average Bonchev–Trinajstić information content (AvgIpc) is 2.92. The van der Waals surface area contributed by atoms with Crippen LogP contribution in [-0.2, 0) is 0 Å². The molecule has 2 rings (SSSR count). The molecule has 1 fully saturated rings. The molecule has 1 aromatic carbocycles. The van der Waals surface area contributed by atoms with Crippen LogP contribution in [0.15, 0.2) is 18.2 Å². The highest BCUT2D eigenvalue weighted by atomic mass is 35.5. The molecule has 14 heavy (non-hydrogen) atoms. The highest BCUT2D eigenvalue weighted by Gasteiger charge is 2.24. The first-order valence-corrected chi connectivity index (χ1v) is 5.50. The molecule has 1 aliphatic rings. The number of ether oxygens (including phenoxy) is 1. The van der Waals surface area contributed by atoms with Gasteiger partial charge in [0.1, 0.15) is 5.75 Å². The molecular weight excluding hydrogens is 196 g/mol. The summed E-state index contributed by atoms with van der Waals surface area (Å²) in [5.74, 6) is 1.35. The molecule has 0 unspecified atom stereocenters. The van der Waals surface area contributed by atoms with Gasteiger partial charge in [0.2, 0.25) is 0 Å². The lowest BCUT2D eigenvalue weighted by atomic mass is 10.0. The molecule has 1 nitrogen and oxygen atoms in total. The second-order valence-corrected chi connectivity index (χ2v) is 4.57. The Labute approximate surface area is 90.0 Å². The minimum atomic E-state index is 0.414. The second-order valence-electron chi connectivity index (χ2n) is 4.16. The number of rotatable bonds is 3. The van der Waals surface area contributed by atoms with Crippen molar-refractivity contribution in [2.75, 3.05) is 0 Å². The minimum Gasteiger partial charge on any atom is -0.489 e. The van der Waals surface area contributed by atoms with Gasteiger partial charge in [-0.15, -0.1) is 0 Å². The van der Waals surface area contributed by atoms with Gasteiger partial charge < -0.3 is 4.74 Å². The Hall–Kier alpha value is -0.690. The van der Waals surface area contributed by atoms with Crippen molar-refractivity contribution in [3.63, 3.8) is 0 Å². The highest BCUT2D eigenvalue weighted by Crippen LogP contribution is 2.33. The van der Waals surface area contributed by atoms with Gasteiger partial charge in [0.05, 0.1) is 11.1 Å². The summed E-state index contributed by atoms with van der Waals surface area (Å²) in [6.07, 6.45) is 2.75. The van der Waals surface area contributed by atoms with Gasteiger partial charge in [-0.25, -0.2) is 0 Å². The maximum Gasteiger partial charge on any atom is 0.138 e. The Bertz CT molecular complexity index is 329. The summed E-state index contributed by atoms with van der Waals surface area (Å²) in [6.45, 7) is 4.32. The lowest BCUT2D eigenvalue weighted by Gasteiger charge is -2.10. The van der Waals surface area contributed by atoms with Gasteiger partial charge in [0.15, 0.2) is 0 Å². The van der Waals surface area contributed by atoms with E-state index in [2.05, 4.69) is 19.9 Å². The molecular formula is C12H15ClO. The van der Waals surface area contributed by atoms with Crippen LogP contribution in [0, 0.1) is 0 Å². The molecule has 0 atom stereocenters. The van der Waals surface area contributed by atoms with E-state index in [4.69, 9.17) is 16.3 Å². The molecule has 0 radical (unpaired) electrons. The summed E-state index contributed by atoms with van der Waals surface area (Å²) in [5, 5.41) is 0.739. The van der Waals surface area contributed by atoms with E-state index in [1.165, 1.54) is 18.4 Å². The van der Waals surface area contributed by atoms with E-state index in [0.29, 0.717) is 12.0 Å². The largest absolute Gasteiger partial charge is 0.489 e. The van der Waals surface area contributed by atoms with E-state index in [0.717, 1.165) is 10.8 Å². The van der Waals surface area contributed by atoms with Crippen LogP contribution in [0.1, 0.15) is 38.2 Å². The van der Waals surface area contributed by atoms with Gasteiger partial charge in [0, 0.05) is 0 Å². The molecule has 2 heteroatoms. The summed E-state index contributed by atoms with van der Waals surface area (Å²) in [7, 11) is 0. The van der Waals surface area contributed by atoms with E-state index in [9.17, 15) is 0 Å². The summed E-state index contributed by atoms with van der Waals surface area (Å²) in [6, 6.07) is 6.08. The molecule has 1 aliphatic carbocycles. The van der Waals surface area contributed by atoms with Crippen molar-refractivity contribution in [1.82, 2.24) is 0 Å². The van der Waals surface area contributed by atoms with Crippen LogP contribution in [0.3, 0.4) is 0 Å². The van der Waals surface area contributed by atoms with Crippen LogP contribution < -0.4 is 4.74 Å². The Morgan fingerprint density at radius 1 is 1.36 bits per heavy atom. The summed E-state index contributed by atoms with van der Waals surface area (Å²) in [4.78, 5) is 0. The zero-order chi connectivity index (χ0) is 10.1. The maximum absolute atomic E-state index is 6.12. The summed E-state index contributed by atoms with van der Waals surface area (Å²) < 4.78 is 5.66. The zero-order valence-electron chi connectivity index (χ0n) is 8.59. The maximum atomic E-state index is 6.12. The molecule has 0 bridgehead atoms. The van der Waals surface area contributed by atoms with Gasteiger partial charge in [-0.3, -0.25) is 0 Å². The Kier molecular flexibility index (Phi) is 2.69. The topological polar surface area (TPSA) is 9.23 Å². The Morgan fingerprint density at radius 2 is 2.07 bits per heavy atom. The predicted octanol–water partition coefficient (Wildman–Crippen LogP) is 4.00. The van der Waals surface area contributed by atoms with Crippen molar-refractivity contribution in [2.24, 2.45) is 0 Å². The fraction of sp³-hybridized carbons (Fsp3) is 0.500. The first kappa shape index (κ1) is 9.85. The minimum absolute atomic E-state index is 0.414. The monoisotopic (exact) mass is 210 g/mol.